The first kappa shape index (κ1) is 13.7. The molecule has 106 valence electrons. The Bertz CT molecular complexity index is 722. The summed E-state index contributed by atoms with van der Waals surface area (Å²) in [6.07, 6.45) is 0.900. The highest BCUT2D eigenvalue weighted by Crippen LogP contribution is 2.27. The minimum atomic E-state index is 0.488. The average molecular weight is 277 g/mol. The van der Waals surface area contributed by atoms with Crippen molar-refractivity contribution in [2.75, 3.05) is 6.61 Å². The summed E-state index contributed by atoms with van der Waals surface area (Å²) in [7, 11) is 0. The Balaban J connectivity index is 1.77. The van der Waals surface area contributed by atoms with Gasteiger partial charge in [0.1, 0.15) is 5.75 Å². The minimum absolute atomic E-state index is 0.488. The van der Waals surface area contributed by atoms with E-state index in [0.29, 0.717) is 13.2 Å². The van der Waals surface area contributed by atoms with Gasteiger partial charge in [-0.3, -0.25) is 0 Å². The summed E-state index contributed by atoms with van der Waals surface area (Å²) < 4.78 is 5.96. The van der Waals surface area contributed by atoms with Crippen LogP contribution in [0.5, 0.6) is 5.75 Å². The van der Waals surface area contributed by atoms with Crippen LogP contribution in [0.2, 0.25) is 0 Å². The van der Waals surface area contributed by atoms with Crippen LogP contribution in [0.15, 0.2) is 66.7 Å². The molecule has 0 saturated carbocycles. The van der Waals surface area contributed by atoms with Crippen molar-refractivity contribution in [2.24, 2.45) is 5.73 Å². The molecule has 0 aromatic heterocycles. The summed E-state index contributed by atoms with van der Waals surface area (Å²) in [5.74, 6) is 0.895. The topological polar surface area (TPSA) is 35.2 Å². The molecule has 0 fully saturated rings. The van der Waals surface area contributed by atoms with E-state index >= 15 is 0 Å². The van der Waals surface area contributed by atoms with E-state index in [9.17, 15) is 0 Å². The van der Waals surface area contributed by atoms with Crippen LogP contribution in [0.4, 0.5) is 0 Å². The number of hydrogen-bond acceptors (Lipinski definition) is 2. The molecule has 0 unspecified atom stereocenters. The van der Waals surface area contributed by atoms with Gasteiger partial charge in [0.25, 0.3) is 0 Å². The van der Waals surface area contributed by atoms with Crippen LogP contribution in [0.3, 0.4) is 0 Å². The lowest BCUT2D eigenvalue weighted by molar-refractivity contribution is 0.319. The van der Waals surface area contributed by atoms with Gasteiger partial charge in [0, 0.05) is 18.5 Å². The molecule has 2 N–H and O–H groups in total. The van der Waals surface area contributed by atoms with Gasteiger partial charge in [0.05, 0.1) is 6.61 Å². The van der Waals surface area contributed by atoms with Gasteiger partial charge in [-0.15, -0.1) is 0 Å². The van der Waals surface area contributed by atoms with Crippen molar-refractivity contribution in [3.63, 3.8) is 0 Å². The summed E-state index contributed by atoms with van der Waals surface area (Å²) >= 11 is 0. The van der Waals surface area contributed by atoms with Gasteiger partial charge in [-0.25, -0.2) is 0 Å². The second-order valence-electron chi connectivity index (χ2n) is 5.05. The molecule has 0 heterocycles. The number of benzene rings is 3. The van der Waals surface area contributed by atoms with Crippen LogP contribution in [-0.2, 0) is 13.0 Å². The summed E-state index contributed by atoms with van der Waals surface area (Å²) in [5.41, 5.74) is 8.29. The molecule has 0 aliphatic carbocycles. The molecule has 3 aromatic carbocycles. The third-order valence-electron chi connectivity index (χ3n) is 3.69. The molecule has 0 atom stereocenters. The van der Waals surface area contributed by atoms with Crippen LogP contribution in [0.25, 0.3) is 10.8 Å². The van der Waals surface area contributed by atoms with Crippen LogP contribution in [0.1, 0.15) is 11.1 Å². The third-order valence-corrected chi connectivity index (χ3v) is 3.69. The van der Waals surface area contributed by atoms with Gasteiger partial charge in [-0.05, 0) is 22.4 Å². The molecule has 0 radical (unpaired) electrons. The number of hydrogen-bond donors (Lipinski definition) is 1. The Labute approximate surface area is 125 Å². The Morgan fingerprint density at radius 3 is 2.38 bits per heavy atom. The maximum absolute atomic E-state index is 5.96. The first-order chi connectivity index (χ1) is 10.4. The lowest BCUT2D eigenvalue weighted by Crippen LogP contribution is -2.06. The molecular formula is C19H19NO. The zero-order chi connectivity index (χ0) is 14.5. The van der Waals surface area contributed by atoms with Crippen LogP contribution in [-0.4, -0.2) is 6.61 Å². The molecule has 2 heteroatoms. The summed E-state index contributed by atoms with van der Waals surface area (Å²) in [6, 6.07) is 22.8. The molecule has 0 saturated heterocycles. The lowest BCUT2D eigenvalue weighted by atomic mass is 10.0. The van der Waals surface area contributed by atoms with Crippen LogP contribution < -0.4 is 10.5 Å². The van der Waals surface area contributed by atoms with Gasteiger partial charge in [0.15, 0.2) is 0 Å². The first-order valence-corrected chi connectivity index (χ1v) is 7.26. The van der Waals surface area contributed by atoms with Crippen molar-refractivity contribution in [1.29, 1.82) is 0 Å². The Morgan fingerprint density at radius 1 is 0.810 bits per heavy atom. The Kier molecular flexibility index (Phi) is 4.17. The number of fused-ring (bicyclic) bond motifs is 1. The predicted octanol–water partition coefficient (Wildman–Crippen LogP) is 3.92. The fourth-order valence-electron chi connectivity index (χ4n) is 2.59. The van der Waals surface area contributed by atoms with Crippen molar-refractivity contribution >= 4 is 10.8 Å². The fourth-order valence-corrected chi connectivity index (χ4v) is 2.59. The number of rotatable bonds is 5. The number of nitrogens with two attached hydrogens (primary N) is 1. The highest BCUT2D eigenvalue weighted by Gasteiger charge is 2.07. The van der Waals surface area contributed by atoms with Crippen molar-refractivity contribution in [3.8, 4) is 5.75 Å². The largest absolute Gasteiger partial charge is 0.493 e. The van der Waals surface area contributed by atoms with E-state index in [-0.39, 0.29) is 0 Å². The lowest BCUT2D eigenvalue weighted by Gasteiger charge is -2.13. The SMILES string of the molecule is NCc1c(OCCc2ccccc2)ccc2ccccc12. The highest BCUT2D eigenvalue weighted by molar-refractivity contribution is 5.87. The van der Waals surface area contributed by atoms with E-state index in [2.05, 4.69) is 42.5 Å². The maximum Gasteiger partial charge on any atom is 0.124 e. The smallest absolute Gasteiger partial charge is 0.124 e. The quantitative estimate of drug-likeness (QED) is 0.767. The third kappa shape index (κ3) is 3.06. The standard InChI is InChI=1S/C19H19NO/c20-14-18-17-9-5-4-8-16(17)10-11-19(18)21-13-12-15-6-2-1-3-7-15/h1-11H,12-14,20H2. The molecule has 21 heavy (non-hydrogen) atoms. The van der Waals surface area contributed by atoms with Crippen LogP contribution in [0, 0.1) is 0 Å². The van der Waals surface area contributed by atoms with E-state index in [1.165, 1.54) is 16.3 Å². The zero-order valence-electron chi connectivity index (χ0n) is 12.0. The van der Waals surface area contributed by atoms with Crippen LogP contribution >= 0.6 is 0 Å². The molecule has 0 bridgehead atoms. The highest BCUT2D eigenvalue weighted by atomic mass is 16.5. The van der Waals surface area contributed by atoms with Crippen molar-refractivity contribution in [1.82, 2.24) is 0 Å². The average Bonchev–Trinajstić information content (AvgIpc) is 2.55. The van der Waals surface area contributed by atoms with Gasteiger partial charge in [-0.2, -0.15) is 0 Å². The van der Waals surface area contributed by atoms with E-state index in [0.717, 1.165) is 17.7 Å². The molecular weight excluding hydrogens is 258 g/mol. The zero-order valence-corrected chi connectivity index (χ0v) is 12.0. The van der Waals surface area contributed by atoms with Gasteiger partial charge in [-0.1, -0.05) is 60.7 Å². The van der Waals surface area contributed by atoms with Crippen molar-refractivity contribution in [3.05, 3.63) is 77.9 Å². The maximum atomic E-state index is 5.96. The minimum Gasteiger partial charge on any atom is -0.493 e. The van der Waals surface area contributed by atoms with E-state index in [4.69, 9.17) is 10.5 Å². The predicted molar refractivity (Wildman–Crippen MR) is 87.5 cm³/mol. The summed E-state index contributed by atoms with van der Waals surface area (Å²) in [5, 5.41) is 2.38. The van der Waals surface area contributed by atoms with E-state index < -0.39 is 0 Å². The Hall–Kier alpha value is -2.32. The normalized spacial score (nSPS) is 10.7. The monoisotopic (exact) mass is 277 g/mol. The fraction of sp³-hybridized carbons (Fsp3) is 0.158. The molecule has 3 rings (SSSR count). The summed E-state index contributed by atoms with van der Waals surface area (Å²) in [6.45, 7) is 1.15. The molecule has 0 aliphatic heterocycles. The van der Waals surface area contributed by atoms with Crippen molar-refractivity contribution < 1.29 is 4.74 Å². The molecule has 0 amide bonds. The van der Waals surface area contributed by atoms with E-state index in [1.54, 1.807) is 0 Å². The van der Waals surface area contributed by atoms with Gasteiger partial charge >= 0.3 is 0 Å². The molecule has 0 spiro atoms. The Morgan fingerprint density at radius 2 is 1.57 bits per heavy atom. The van der Waals surface area contributed by atoms with Crippen molar-refractivity contribution in [2.45, 2.75) is 13.0 Å². The second-order valence-corrected chi connectivity index (χ2v) is 5.05. The number of ether oxygens (including phenoxy) is 1. The molecule has 0 aliphatic rings. The van der Waals surface area contributed by atoms with Gasteiger partial charge in [0.2, 0.25) is 0 Å². The molecule has 2 nitrogen and oxygen atoms in total. The molecule has 3 aromatic rings. The van der Waals surface area contributed by atoms with E-state index in [1.807, 2.05) is 24.3 Å². The summed E-state index contributed by atoms with van der Waals surface area (Å²) in [4.78, 5) is 0. The van der Waals surface area contributed by atoms with Gasteiger partial charge < -0.3 is 10.5 Å². The first-order valence-electron chi connectivity index (χ1n) is 7.26. The second kappa shape index (κ2) is 6.42.